The summed E-state index contributed by atoms with van der Waals surface area (Å²) in [5.74, 6) is 1.53. The second kappa shape index (κ2) is 10.1. The molecule has 1 fully saturated rings. The molecule has 0 spiro atoms. The number of aliphatic imine (C=N–C) groups is 1. The Morgan fingerprint density at radius 3 is 2.89 bits per heavy atom. The molecule has 1 aromatic carbocycles. The average molecular weight is 370 g/mol. The van der Waals surface area contributed by atoms with Crippen LogP contribution >= 0.6 is 0 Å². The first-order valence-corrected chi connectivity index (χ1v) is 9.82. The summed E-state index contributed by atoms with van der Waals surface area (Å²) in [7, 11) is 3.83. The van der Waals surface area contributed by atoms with Gasteiger partial charge in [-0.3, -0.25) is 9.67 Å². The Balaban J connectivity index is 1.30. The van der Waals surface area contributed by atoms with Crippen LogP contribution in [0.3, 0.4) is 0 Å². The van der Waals surface area contributed by atoms with Crippen LogP contribution in [0.25, 0.3) is 0 Å². The van der Waals surface area contributed by atoms with Crippen molar-refractivity contribution in [3.8, 4) is 0 Å². The second-order valence-corrected chi connectivity index (χ2v) is 7.05. The van der Waals surface area contributed by atoms with Gasteiger partial charge in [-0.05, 0) is 30.4 Å². The van der Waals surface area contributed by atoms with Gasteiger partial charge in [0.05, 0.1) is 12.8 Å². The molecule has 1 saturated heterocycles. The molecule has 6 heteroatoms. The molecule has 1 unspecified atom stereocenters. The Labute approximate surface area is 162 Å². The van der Waals surface area contributed by atoms with E-state index in [0.29, 0.717) is 5.92 Å². The Hall–Kier alpha value is -2.34. The zero-order valence-corrected chi connectivity index (χ0v) is 16.5. The minimum absolute atomic E-state index is 0.540. The van der Waals surface area contributed by atoms with Crippen LogP contribution in [-0.2, 0) is 18.2 Å². The van der Waals surface area contributed by atoms with Gasteiger partial charge < -0.3 is 15.0 Å². The highest BCUT2D eigenvalue weighted by Gasteiger charge is 2.26. The number of nitrogens with one attached hydrogen (secondary N) is 1. The van der Waals surface area contributed by atoms with Gasteiger partial charge in [0.1, 0.15) is 0 Å². The topological polar surface area (TPSA) is 54.7 Å². The summed E-state index contributed by atoms with van der Waals surface area (Å²) in [4.78, 5) is 6.79. The van der Waals surface area contributed by atoms with E-state index >= 15 is 0 Å². The van der Waals surface area contributed by atoms with Crippen LogP contribution in [0, 0.1) is 0 Å². The van der Waals surface area contributed by atoms with Crippen molar-refractivity contribution in [1.29, 1.82) is 0 Å². The van der Waals surface area contributed by atoms with Crippen LogP contribution in [0.5, 0.6) is 0 Å². The Morgan fingerprint density at radius 1 is 1.30 bits per heavy atom. The maximum atomic E-state index is 5.75. The predicted octanol–water partition coefficient (Wildman–Crippen LogP) is 2.43. The largest absolute Gasteiger partial charge is 0.381 e. The molecular formula is C21H31N5O. The van der Waals surface area contributed by atoms with E-state index in [1.807, 2.05) is 31.0 Å². The molecule has 0 amide bonds. The molecule has 146 valence electrons. The quantitative estimate of drug-likeness (QED) is 0.441. The highest BCUT2D eigenvalue weighted by atomic mass is 16.5. The van der Waals surface area contributed by atoms with Crippen LogP contribution in [0.2, 0.25) is 0 Å². The zero-order chi connectivity index (χ0) is 18.9. The molecular weight excluding hydrogens is 338 g/mol. The van der Waals surface area contributed by atoms with Gasteiger partial charge in [-0.25, -0.2) is 0 Å². The number of ether oxygens (including phenoxy) is 1. The molecule has 0 bridgehead atoms. The van der Waals surface area contributed by atoms with E-state index < -0.39 is 0 Å². The zero-order valence-electron chi connectivity index (χ0n) is 16.5. The third kappa shape index (κ3) is 5.82. The Morgan fingerprint density at radius 2 is 2.15 bits per heavy atom. The van der Waals surface area contributed by atoms with Crippen LogP contribution in [0.4, 0.5) is 0 Å². The SMILES string of the molecule is CN=C(NCCCOCCc1ccccc1)N1CCC(c2cnn(C)c2)C1. The monoisotopic (exact) mass is 369 g/mol. The van der Waals surface area contributed by atoms with Crippen molar-refractivity contribution in [3.05, 3.63) is 53.9 Å². The van der Waals surface area contributed by atoms with E-state index in [1.54, 1.807) is 0 Å². The summed E-state index contributed by atoms with van der Waals surface area (Å²) in [6.07, 6.45) is 7.20. The van der Waals surface area contributed by atoms with Crippen LogP contribution < -0.4 is 5.32 Å². The highest BCUT2D eigenvalue weighted by molar-refractivity contribution is 5.80. The summed E-state index contributed by atoms with van der Waals surface area (Å²) < 4.78 is 7.63. The minimum atomic E-state index is 0.540. The Bertz CT molecular complexity index is 712. The number of aryl methyl sites for hydroxylation is 1. The molecule has 3 rings (SSSR count). The normalized spacial score (nSPS) is 17.5. The first-order chi connectivity index (χ1) is 13.3. The molecule has 1 atom stereocenters. The van der Waals surface area contributed by atoms with Gasteiger partial charge >= 0.3 is 0 Å². The molecule has 2 aromatic rings. The number of nitrogens with zero attached hydrogens (tertiary/aromatic N) is 4. The van der Waals surface area contributed by atoms with Crippen molar-refractivity contribution in [2.45, 2.75) is 25.2 Å². The third-order valence-electron chi connectivity index (χ3n) is 5.02. The maximum absolute atomic E-state index is 5.75. The maximum Gasteiger partial charge on any atom is 0.193 e. The number of hydrogen-bond donors (Lipinski definition) is 1. The van der Waals surface area contributed by atoms with Crippen molar-refractivity contribution < 1.29 is 4.74 Å². The van der Waals surface area contributed by atoms with Gasteiger partial charge in [0.25, 0.3) is 0 Å². The van der Waals surface area contributed by atoms with Gasteiger partial charge in [0, 0.05) is 52.5 Å². The van der Waals surface area contributed by atoms with E-state index in [4.69, 9.17) is 4.74 Å². The fraction of sp³-hybridized carbons (Fsp3) is 0.524. The lowest BCUT2D eigenvalue weighted by Gasteiger charge is -2.21. The van der Waals surface area contributed by atoms with Crippen molar-refractivity contribution in [1.82, 2.24) is 20.0 Å². The molecule has 1 N–H and O–H groups in total. The number of hydrogen-bond acceptors (Lipinski definition) is 3. The smallest absolute Gasteiger partial charge is 0.193 e. The molecule has 6 nitrogen and oxygen atoms in total. The van der Waals surface area contributed by atoms with Gasteiger partial charge in [0.15, 0.2) is 5.96 Å². The summed E-state index contributed by atoms with van der Waals surface area (Å²) in [5.41, 5.74) is 2.65. The molecule has 27 heavy (non-hydrogen) atoms. The highest BCUT2D eigenvalue weighted by Crippen LogP contribution is 2.26. The first-order valence-electron chi connectivity index (χ1n) is 9.82. The van der Waals surface area contributed by atoms with Crippen molar-refractivity contribution in [2.24, 2.45) is 12.0 Å². The van der Waals surface area contributed by atoms with Crippen molar-refractivity contribution >= 4 is 5.96 Å². The standard InChI is InChI=1S/C21H31N5O/c1-22-21(26-12-9-19(17-26)20-15-24-25(2)16-20)23-11-6-13-27-14-10-18-7-4-3-5-8-18/h3-5,7-8,15-16,19H,6,9-14,17H2,1-2H3,(H,22,23). The number of aromatic nitrogens is 2. The minimum Gasteiger partial charge on any atom is -0.381 e. The Kier molecular flexibility index (Phi) is 7.27. The van der Waals surface area contributed by atoms with E-state index in [0.717, 1.165) is 58.1 Å². The van der Waals surface area contributed by atoms with Crippen molar-refractivity contribution in [3.63, 3.8) is 0 Å². The average Bonchev–Trinajstić information content (AvgIpc) is 3.34. The lowest BCUT2D eigenvalue weighted by Crippen LogP contribution is -2.40. The van der Waals surface area contributed by atoms with Crippen molar-refractivity contribution in [2.75, 3.05) is 39.9 Å². The fourth-order valence-corrected chi connectivity index (χ4v) is 3.52. The van der Waals surface area contributed by atoms with E-state index in [9.17, 15) is 0 Å². The molecule has 0 saturated carbocycles. The fourth-order valence-electron chi connectivity index (χ4n) is 3.52. The van der Waals surface area contributed by atoms with Gasteiger partial charge in [-0.15, -0.1) is 0 Å². The predicted molar refractivity (Wildman–Crippen MR) is 109 cm³/mol. The van der Waals surface area contributed by atoms with Gasteiger partial charge in [-0.1, -0.05) is 30.3 Å². The van der Waals surface area contributed by atoms with Gasteiger partial charge in [-0.2, -0.15) is 5.10 Å². The molecule has 0 radical (unpaired) electrons. The lowest BCUT2D eigenvalue weighted by molar-refractivity contribution is 0.135. The summed E-state index contributed by atoms with van der Waals surface area (Å²) in [6.45, 7) is 4.46. The van der Waals surface area contributed by atoms with E-state index in [1.165, 1.54) is 11.1 Å². The molecule has 1 aliphatic rings. The van der Waals surface area contributed by atoms with Crippen LogP contribution in [0.15, 0.2) is 47.7 Å². The third-order valence-corrected chi connectivity index (χ3v) is 5.02. The number of guanidine groups is 1. The van der Waals surface area contributed by atoms with E-state index in [-0.39, 0.29) is 0 Å². The summed E-state index contributed by atoms with van der Waals surface area (Å²) in [6, 6.07) is 10.5. The lowest BCUT2D eigenvalue weighted by atomic mass is 10.0. The van der Waals surface area contributed by atoms with Crippen LogP contribution in [0.1, 0.15) is 29.9 Å². The number of rotatable bonds is 8. The molecule has 1 aliphatic heterocycles. The van der Waals surface area contributed by atoms with Gasteiger partial charge in [0.2, 0.25) is 0 Å². The molecule has 2 heterocycles. The van der Waals surface area contributed by atoms with Crippen LogP contribution in [-0.4, -0.2) is 60.5 Å². The first kappa shape index (κ1) is 19.4. The molecule has 1 aromatic heterocycles. The number of benzene rings is 1. The second-order valence-electron chi connectivity index (χ2n) is 7.05. The van der Waals surface area contributed by atoms with E-state index in [2.05, 4.69) is 50.8 Å². The molecule has 0 aliphatic carbocycles. The summed E-state index contributed by atoms with van der Waals surface area (Å²) >= 11 is 0. The summed E-state index contributed by atoms with van der Waals surface area (Å²) in [5, 5.41) is 7.77. The number of likely N-dealkylation sites (tertiary alicyclic amines) is 1.